The Kier molecular flexibility index (Phi) is 7.76. The lowest BCUT2D eigenvalue weighted by atomic mass is 10.1. The van der Waals surface area contributed by atoms with Crippen LogP contribution in [0.3, 0.4) is 0 Å². The van der Waals surface area contributed by atoms with E-state index >= 15 is 0 Å². The molecule has 0 unspecified atom stereocenters. The van der Waals surface area contributed by atoms with E-state index in [1.807, 2.05) is 6.92 Å². The minimum atomic E-state index is 0.657. The van der Waals surface area contributed by atoms with E-state index in [2.05, 4.69) is 69.9 Å². The van der Waals surface area contributed by atoms with Crippen LogP contribution in [0.5, 0.6) is 5.75 Å². The van der Waals surface area contributed by atoms with E-state index in [4.69, 9.17) is 9.47 Å². The summed E-state index contributed by atoms with van der Waals surface area (Å²) in [6.45, 7) is 9.63. The fourth-order valence-corrected chi connectivity index (χ4v) is 3.33. The molecule has 2 aromatic rings. The SMILES string of the molecule is CCOc1cc(C)ccc1CNC(=NC)NCc1ccc(N2CCOCC2)cc1. The maximum atomic E-state index is 5.76. The summed E-state index contributed by atoms with van der Waals surface area (Å²) < 4.78 is 11.2. The summed E-state index contributed by atoms with van der Waals surface area (Å²) in [6, 6.07) is 15.0. The molecule has 1 fully saturated rings. The van der Waals surface area contributed by atoms with Crippen molar-refractivity contribution in [2.45, 2.75) is 26.9 Å². The van der Waals surface area contributed by atoms with Gasteiger partial charge in [-0.05, 0) is 43.2 Å². The van der Waals surface area contributed by atoms with Gasteiger partial charge in [-0.1, -0.05) is 24.3 Å². The molecule has 0 bridgehead atoms. The molecule has 1 aliphatic rings. The van der Waals surface area contributed by atoms with E-state index in [0.29, 0.717) is 13.2 Å². The Morgan fingerprint density at radius 2 is 1.79 bits per heavy atom. The third kappa shape index (κ3) is 6.12. The van der Waals surface area contributed by atoms with Gasteiger partial charge in [-0.15, -0.1) is 0 Å². The number of benzene rings is 2. The fourth-order valence-electron chi connectivity index (χ4n) is 3.33. The summed E-state index contributed by atoms with van der Waals surface area (Å²) in [5.41, 5.74) is 4.79. The first kappa shape index (κ1) is 21.0. The minimum absolute atomic E-state index is 0.657. The Morgan fingerprint density at radius 3 is 2.48 bits per heavy atom. The number of nitrogens with one attached hydrogen (secondary N) is 2. The third-order valence-electron chi connectivity index (χ3n) is 4.96. The molecule has 1 saturated heterocycles. The number of nitrogens with zero attached hydrogens (tertiary/aromatic N) is 2. The van der Waals surface area contributed by atoms with Crippen molar-refractivity contribution in [3.8, 4) is 5.75 Å². The highest BCUT2D eigenvalue weighted by Crippen LogP contribution is 2.20. The maximum absolute atomic E-state index is 5.76. The zero-order valence-electron chi connectivity index (χ0n) is 17.7. The lowest BCUT2D eigenvalue weighted by molar-refractivity contribution is 0.122. The zero-order chi connectivity index (χ0) is 20.5. The number of guanidine groups is 1. The van der Waals surface area contributed by atoms with Gasteiger partial charge in [0.25, 0.3) is 0 Å². The molecule has 2 N–H and O–H groups in total. The number of rotatable bonds is 7. The topological polar surface area (TPSA) is 58.1 Å². The van der Waals surface area contributed by atoms with Crippen molar-refractivity contribution in [3.05, 3.63) is 59.2 Å². The standard InChI is InChI=1S/C23H32N4O2/c1-4-29-22-15-18(2)5-8-20(22)17-26-23(24-3)25-16-19-6-9-21(10-7-19)27-11-13-28-14-12-27/h5-10,15H,4,11-14,16-17H2,1-3H3,(H2,24,25,26). The molecule has 3 rings (SSSR count). The molecule has 156 valence electrons. The molecule has 0 amide bonds. The first-order valence-electron chi connectivity index (χ1n) is 10.3. The van der Waals surface area contributed by atoms with Crippen LogP contribution in [0, 0.1) is 6.92 Å². The highest BCUT2D eigenvalue weighted by Gasteiger charge is 2.11. The molecule has 0 radical (unpaired) electrons. The van der Waals surface area contributed by atoms with Crippen LogP contribution in [-0.2, 0) is 17.8 Å². The summed E-state index contributed by atoms with van der Waals surface area (Å²) in [5, 5.41) is 6.76. The zero-order valence-corrected chi connectivity index (χ0v) is 17.7. The van der Waals surface area contributed by atoms with Crippen molar-refractivity contribution in [2.24, 2.45) is 4.99 Å². The monoisotopic (exact) mass is 396 g/mol. The first-order chi connectivity index (χ1) is 14.2. The molecule has 0 aromatic heterocycles. The molecular formula is C23H32N4O2. The van der Waals surface area contributed by atoms with Crippen molar-refractivity contribution >= 4 is 11.6 Å². The van der Waals surface area contributed by atoms with E-state index in [0.717, 1.165) is 50.1 Å². The van der Waals surface area contributed by atoms with E-state index in [9.17, 15) is 0 Å². The van der Waals surface area contributed by atoms with Gasteiger partial charge in [0.1, 0.15) is 5.75 Å². The van der Waals surface area contributed by atoms with Crippen LogP contribution in [0.2, 0.25) is 0 Å². The molecule has 1 aliphatic heterocycles. The van der Waals surface area contributed by atoms with Crippen LogP contribution >= 0.6 is 0 Å². The smallest absolute Gasteiger partial charge is 0.191 e. The summed E-state index contributed by atoms with van der Waals surface area (Å²) in [5.74, 6) is 1.69. The summed E-state index contributed by atoms with van der Waals surface area (Å²) in [7, 11) is 1.79. The number of anilines is 1. The van der Waals surface area contributed by atoms with Crippen LogP contribution in [0.25, 0.3) is 0 Å². The van der Waals surface area contributed by atoms with Gasteiger partial charge in [0, 0.05) is 44.5 Å². The molecule has 0 spiro atoms. The van der Waals surface area contributed by atoms with E-state index in [-0.39, 0.29) is 0 Å². The average molecular weight is 397 g/mol. The molecule has 6 heteroatoms. The summed E-state index contributed by atoms with van der Waals surface area (Å²) in [6.07, 6.45) is 0. The molecular weight excluding hydrogens is 364 g/mol. The molecule has 2 aromatic carbocycles. The highest BCUT2D eigenvalue weighted by atomic mass is 16.5. The van der Waals surface area contributed by atoms with Gasteiger partial charge >= 0.3 is 0 Å². The van der Waals surface area contributed by atoms with Crippen LogP contribution < -0.4 is 20.3 Å². The van der Waals surface area contributed by atoms with Gasteiger partial charge in [-0.2, -0.15) is 0 Å². The Morgan fingerprint density at radius 1 is 1.07 bits per heavy atom. The lowest BCUT2D eigenvalue weighted by Gasteiger charge is -2.28. The highest BCUT2D eigenvalue weighted by molar-refractivity contribution is 5.79. The number of aliphatic imine (C=N–C) groups is 1. The van der Waals surface area contributed by atoms with Crippen molar-refractivity contribution in [1.29, 1.82) is 0 Å². The normalized spacial score (nSPS) is 14.6. The van der Waals surface area contributed by atoms with Crippen LogP contribution in [0.1, 0.15) is 23.6 Å². The van der Waals surface area contributed by atoms with Gasteiger partial charge in [-0.3, -0.25) is 4.99 Å². The molecule has 1 heterocycles. The average Bonchev–Trinajstić information content (AvgIpc) is 2.76. The van der Waals surface area contributed by atoms with E-state index in [1.165, 1.54) is 16.8 Å². The van der Waals surface area contributed by atoms with E-state index in [1.54, 1.807) is 7.05 Å². The Balaban J connectivity index is 1.52. The first-order valence-corrected chi connectivity index (χ1v) is 10.3. The van der Waals surface area contributed by atoms with Crippen molar-refractivity contribution in [1.82, 2.24) is 10.6 Å². The molecule has 0 atom stereocenters. The molecule has 0 saturated carbocycles. The van der Waals surface area contributed by atoms with Crippen LogP contribution in [0.4, 0.5) is 5.69 Å². The van der Waals surface area contributed by atoms with E-state index < -0.39 is 0 Å². The second-order valence-electron chi connectivity index (χ2n) is 7.09. The van der Waals surface area contributed by atoms with Gasteiger partial charge < -0.3 is 25.0 Å². The van der Waals surface area contributed by atoms with Crippen LogP contribution in [-0.4, -0.2) is 45.9 Å². The molecule has 0 aliphatic carbocycles. The Labute approximate surface area is 173 Å². The number of morpholine rings is 1. The van der Waals surface area contributed by atoms with Gasteiger partial charge in [0.2, 0.25) is 0 Å². The number of ether oxygens (including phenoxy) is 2. The number of aryl methyl sites for hydroxylation is 1. The molecule has 29 heavy (non-hydrogen) atoms. The second-order valence-corrected chi connectivity index (χ2v) is 7.09. The Hall–Kier alpha value is -2.73. The lowest BCUT2D eigenvalue weighted by Crippen LogP contribution is -2.36. The van der Waals surface area contributed by atoms with Crippen molar-refractivity contribution in [2.75, 3.05) is 44.9 Å². The largest absolute Gasteiger partial charge is 0.494 e. The van der Waals surface area contributed by atoms with Gasteiger partial charge in [-0.25, -0.2) is 0 Å². The predicted octanol–water partition coefficient (Wildman–Crippen LogP) is 3.10. The summed E-state index contributed by atoms with van der Waals surface area (Å²) >= 11 is 0. The maximum Gasteiger partial charge on any atom is 0.191 e. The van der Waals surface area contributed by atoms with Gasteiger partial charge in [0.15, 0.2) is 5.96 Å². The fraction of sp³-hybridized carbons (Fsp3) is 0.435. The number of hydrogen-bond donors (Lipinski definition) is 2. The quantitative estimate of drug-likeness (QED) is 0.556. The minimum Gasteiger partial charge on any atom is -0.494 e. The molecule has 6 nitrogen and oxygen atoms in total. The van der Waals surface area contributed by atoms with Crippen molar-refractivity contribution in [3.63, 3.8) is 0 Å². The van der Waals surface area contributed by atoms with Crippen LogP contribution in [0.15, 0.2) is 47.5 Å². The third-order valence-corrected chi connectivity index (χ3v) is 4.96. The predicted molar refractivity (Wildman–Crippen MR) is 119 cm³/mol. The Bertz CT molecular complexity index is 799. The van der Waals surface area contributed by atoms with Crippen molar-refractivity contribution < 1.29 is 9.47 Å². The summed E-state index contributed by atoms with van der Waals surface area (Å²) in [4.78, 5) is 6.69. The van der Waals surface area contributed by atoms with Gasteiger partial charge in [0.05, 0.1) is 19.8 Å². The second kappa shape index (κ2) is 10.7. The number of hydrogen-bond acceptors (Lipinski definition) is 4.